The maximum atomic E-state index is 12.5. The third kappa shape index (κ3) is 2.69. The minimum absolute atomic E-state index is 0.235. The molecule has 0 aliphatic rings. The summed E-state index contributed by atoms with van der Waals surface area (Å²) in [6.45, 7) is 5.25. The molecule has 0 aliphatic heterocycles. The van der Waals surface area contributed by atoms with Crippen LogP contribution in [0.15, 0.2) is 32.6 Å². The molecule has 0 fully saturated rings. The Balaban J connectivity index is 2.80. The van der Waals surface area contributed by atoms with E-state index in [-0.39, 0.29) is 11.0 Å². The van der Waals surface area contributed by atoms with Gasteiger partial charge in [0.15, 0.2) is 0 Å². The molecule has 21 heavy (non-hydrogen) atoms. The molecule has 112 valence electrons. The first-order chi connectivity index (χ1) is 10.2. The molecule has 2 aromatic rings. The molecule has 1 N–H and O–H groups in total. The largest absolute Gasteiger partial charge is 0.497 e. The van der Waals surface area contributed by atoms with Crippen LogP contribution in [0, 0.1) is 0 Å². The smallest absolute Gasteiger partial charge is 0.209 e. The van der Waals surface area contributed by atoms with Gasteiger partial charge in [0.2, 0.25) is 11.3 Å². The van der Waals surface area contributed by atoms with Gasteiger partial charge in [-0.3, -0.25) is 4.79 Å². The molecule has 6 nitrogen and oxygen atoms in total. The zero-order valence-electron chi connectivity index (χ0n) is 12.3. The van der Waals surface area contributed by atoms with E-state index in [0.29, 0.717) is 35.7 Å². The zero-order chi connectivity index (χ0) is 15.4. The van der Waals surface area contributed by atoms with Gasteiger partial charge in [0.05, 0.1) is 18.7 Å². The van der Waals surface area contributed by atoms with Crippen LogP contribution in [-0.2, 0) is 0 Å². The highest BCUT2D eigenvalue weighted by molar-refractivity contribution is 5.92. The molecule has 0 unspecified atom stereocenters. The maximum absolute atomic E-state index is 12.5. The van der Waals surface area contributed by atoms with Gasteiger partial charge < -0.3 is 19.3 Å². The van der Waals surface area contributed by atoms with Crippen LogP contribution in [0.2, 0.25) is 0 Å². The summed E-state index contributed by atoms with van der Waals surface area (Å²) in [6.07, 6.45) is 1.11. The third-order valence-electron chi connectivity index (χ3n) is 3.35. The number of rotatable bonds is 5. The first-order valence-electron chi connectivity index (χ1n) is 6.73. The molecular formula is C15H18N2O4. The Bertz CT molecular complexity index is 717. The fourth-order valence-electron chi connectivity index (χ4n) is 2.22. The quantitative estimate of drug-likeness (QED) is 0.520. The van der Waals surface area contributed by atoms with Gasteiger partial charge in [-0.15, -0.1) is 0 Å². The Morgan fingerprint density at radius 1 is 1.38 bits per heavy atom. The molecule has 6 heteroatoms. The number of hydrogen-bond acceptors (Lipinski definition) is 6. The van der Waals surface area contributed by atoms with Crippen LogP contribution in [0.5, 0.6) is 5.75 Å². The Kier molecular flexibility index (Phi) is 4.47. The van der Waals surface area contributed by atoms with Gasteiger partial charge in [0.1, 0.15) is 16.9 Å². The van der Waals surface area contributed by atoms with Crippen molar-refractivity contribution in [3.63, 3.8) is 0 Å². The van der Waals surface area contributed by atoms with E-state index in [1.165, 1.54) is 0 Å². The number of anilines is 1. The van der Waals surface area contributed by atoms with Crippen LogP contribution in [0.1, 0.15) is 19.4 Å². The number of fused-ring (bicyclic) bond motifs is 1. The van der Waals surface area contributed by atoms with Gasteiger partial charge in [0, 0.05) is 19.2 Å². The zero-order valence-corrected chi connectivity index (χ0v) is 12.3. The number of benzene rings is 1. The second-order valence-electron chi connectivity index (χ2n) is 4.43. The van der Waals surface area contributed by atoms with Crippen molar-refractivity contribution in [3.05, 3.63) is 34.0 Å². The van der Waals surface area contributed by atoms with Crippen molar-refractivity contribution in [2.45, 2.75) is 13.8 Å². The number of oxime groups is 1. The van der Waals surface area contributed by atoms with Gasteiger partial charge in [-0.2, -0.15) is 0 Å². The monoisotopic (exact) mass is 290 g/mol. The van der Waals surface area contributed by atoms with Gasteiger partial charge in [-0.05, 0) is 26.0 Å². The summed E-state index contributed by atoms with van der Waals surface area (Å²) in [5.41, 5.74) is 0.439. The van der Waals surface area contributed by atoms with Gasteiger partial charge in [-0.1, -0.05) is 5.16 Å². The Labute approximate surface area is 122 Å². The molecule has 1 heterocycles. The van der Waals surface area contributed by atoms with Crippen LogP contribution >= 0.6 is 0 Å². The fourth-order valence-corrected chi connectivity index (χ4v) is 2.22. The normalized spacial score (nSPS) is 11.2. The summed E-state index contributed by atoms with van der Waals surface area (Å²) in [5.74, 6) is 1.00. The first kappa shape index (κ1) is 14.9. The average molecular weight is 290 g/mol. The summed E-state index contributed by atoms with van der Waals surface area (Å²) in [7, 11) is 1.55. The van der Waals surface area contributed by atoms with Crippen LogP contribution in [0.3, 0.4) is 0 Å². The first-order valence-corrected chi connectivity index (χ1v) is 6.73. The Hall–Kier alpha value is -2.50. The van der Waals surface area contributed by atoms with E-state index in [0.717, 1.165) is 6.21 Å². The fraction of sp³-hybridized carbons (Fsp3) is 0.333. The van der Waals surface area contributed by atoms with Crippen molar-refractivity contribution < 1.29 is 14.4 Å². The molecule has 2 rings (SSSR count). The van der Waals surface area contributed by atoms with E-state index in [4.69, 9.17) is 14.4 Å². The van der Waals surface area contributed by atoms with Crippen molar-refractivity contribution in [1.29, 1.82) is 0 Å². The van der Waals surface area contributed by atoms with E-state index in [1.54, 1.807) is 25.3 Å². The van der Waals surface area contributed by atoms with E-state index >= 15 is 0 Å². The van der Waals surface area contributed by atoms with Crippen LogP contribution in [-0.4, -0.2) is 31.6 Å². The molecule has 0 spiro atoms. The van der Waals surface area contributed by atoms with Crippen molar-refractivity contribution in [2.75, 3.05) is 25.1 Å². The van der Waals surface area contributed by atoms with Crippen molar-refractivity contribution in [2.24, 2.45) is 5.16 Å². The minimum Gasteiger partial charge on any atom is -0.497 e. The number of methoxy groups -OCH3 is 1. The van der Waals surface area contributed by atoms with E-state index in [2.05, 4.69) is 5.16 Å². The van der Waals surface area contributed by atoms with Crippen LogP contribution < -0.4 is 15.1 Å². The van der Waals surface area contributed by atoms with Gasteiger partial charge in [-0.25, -0.2) is 0 Å². The van der Waals surface area contributed by atoms with Gasteiger partial charge in [0.25, 0.3) is 0 Å². The molecule has 1 aromatic heterocycles. The molecule has 0 amide bonds. The van der Waals surface area contributed by atoms with Crippen LogP contribution in [0.25, 0.3) is 11.0 Å². The lowest BCUT2D eigenvalue weighted by Gasteiger charge is -2.21. The van der Waals surface area contributed by atoms with Crippen LogP contribution in [0.4, 0.5) is 5.88 Å². The summed E-state index contributed by atoms with van der Waals surface area (Å²) in [4.78, 5) is 14.4. The molecule has 0 bridgehead atoms. The summed E-state index contributed by atoms with van der Waals surface area (Å²) >= 11 is 0. The van der Waals surface area contributed by atoms with Crippen molar-refractivity contribution >= 4 is 23.1 Å². The van der Waals surface area contributed by atoms with Gasteiger partial charge >= 0.3 is 0 Å². The van der Waals surface area contributed by atoms with E-state index in [1.807, 2.05) is 18.7 Å². The Morgan fingerprint density at radius 2 is 2.10 bits per heavy atom. The minimum atomic E-state index is -0.237. The number of ether oxygens (including phenoxy) is 1. The predicted molar refractivity (Wildman–Crippen MR) is 82.0 cm³/mol. The molecule has 1 aromatic carbocycles. The molecule has 0 saturated heterocycles. The standard InChI is InChI=1S/C15H18N2O4/c1-4-17(5-2)15-12(9-16-19)14(18)11-7-6-10(20-3)8-13(11)21-15/h6-9,19H,4-5H2,1-3H3. The predicted octanol–water partition coefficient (Wildman–Crippen LogP) is 2.46. The second kappa shape index (κ2) is 6.30. The van der Waals surface area contributed by atoms with E-state index < -0.39 is 0 Å². The third-order valence-corrected chi connectivity index (χ3v) is 3.35. The summed E-state index contributed by atoms with van der Waals surface area (Å²) in [6, 6.07) is 5.00. The molecule has 0 saturated carbocycles. The highest BCUT2D eigenvalue weighted by atomic mass is 16.5. The summed E-state index contributed by atoms with van der Waals surface area (Å²) in [5, 5.41) is 12.2. The average Bonchev–Trinajstić information content (AvgIpc) is 2.51. The van der Waals surface area contributed by atoms with E-state index in [9.17, 15) is 4.79 Å². The summed E-state index contributed by atoms with van der Waals surface area (Å²) < 4.78 is 11.0. The highest BCUT2D eigenvalue weighted by Gasteiger charge is 2.17. The molecular weight excluding hydrogens is 272 g/mol. The Morgan fingerprint density at radius 3 is 2.67 bits per heavy atom. The SMILES string of the molecule is CCN(CC)c1oc2cc(OC)ccc2c(=O)c1C=NO. The lowest BCUT2D eigenvalue weighted by Crippen LogP contribution is -2.26. The topological polar surface area (TPSA) is 75.3 Å². The second-order valence-corrected chi connectivity index (χ2v) is 4.43. The highest BCUT2D eigenvalue weighted by Crippen LogP contribution is 2.25. The number of nitrogens with zero attached hydrogens (tertiary/aromatic N) is 2. The van der Waals surface area contributed by atoms with Crippen molar-refractivity contribution in [1.82, 2.24) is 0 Å². The lowest BCUT2D eigenvalue weighted by molar-refractivity contribution is 0.321. The molecule has 0 atom stereocenters. The maximum Gasteiger partial charge on any atom is 0.209 e. The van der Waals surface area contributed by atoms with Crippen molar-refractivity contribution in [3.8, 4) is 5.75 Å². The lowest BCUT2D eigenvalue weighted by atomic mass is 10.1. The molecule has 0 radical (unpaired) electrons. The number of hydrogen-bond donors (Lipinski definition) is 1. The molecule has 0 aliphatic carbocycles.